The molecule has 0 saturated carbocycles. The summed E-state index contributed by atoms with van der Waals surface area (Å²) in [5.74, 6) is -0.0502. The average Bonchev–Trinajstić information content (AvgIpc) is 3.06. The number of hydrogen-bond acceptors (Lipinski definition) is 7. The van der Waals surface area contributed by atoms with E-state index in [-0.39, 0.29) is 23.6 Å². The number of likely N-dealkylation sites (N-methyl/N-ethyl adjacent to an activating group) is 1. The third-order valence-electron chi connectivity index (χ3n) is 4.99. The van der Waals surface area contributed by atoms with Gasteiger partial charge in [0.15, 0.2) is 0 Å². The molecule has 8 heteroatoms. The van der Waals surface area contributed by atoms with Crippen molar-refractivity contribution in [3.8, 4) is 0 Å². The number of hydrogen-bond donors (Lipinski definition) is 2. The fourth-order valence-corrected chi connectivity index (χ4v) is 3.78. The molecule has 1 aliphatic carbocycles. The number of fused-ring (bicyclic) bond motifs is 1. The van der Waals surface area contributed by atoms with Crippen LogP contribution >= 0.6 is 0 Å². The van der Waals surface area contributed by atoms with Gasteiger partial charge >= 0.3 is 0 Å². The van der Waals surface area contributed by atoms with Gasteiger partial charge in [0.05, 0.1) is 11.4 Å². The third kappa shape index (κ3) is 2.87. The molecule has 26 heavy (non-hydrogen) atoms. The molecule has 0 radical (unpaired) electrons. The number of rotatable bonds is 2. The van der Waals surface area contributed by atoms with Crippen molar-refractivity contribution in [3.05, 3.63) is 52.6 Å². The van der Waals surface area contributed by atoms with Crippen LogP contribution in [-0.2, 0) is 6.42 Å². The quantitative estimate of drug-likeness (QED) is 0.636. The average molecular weight is 354 g/mol. The standard InChI is InChI=1S/C18H19FN6O/c1-25-9-11(7-22-25)14-6-12(19)2-3-13(14)10-4-16-15(17(5-10)24-26)8-21-18(20)23-16/h2-3,6-8,10-11,26H,4-5,9H2,1H3,(H2,20,21,23)/b24-17+. The molecule has 7 nitrogen and oxygen atoms in total. The fraction of sp³-hybridized carbons (Fsp3) is 0.333. The van der Waals surface area contributed by atoms with Gasteiger partial charge in [-0.1, -0.05) is 11.2 Å². The molecule has 134 valence electrons. The minimum absolute atomic E-state index is 0.0117. The fourth-order valence-electron chi connectivity index (χ4n) is 3.78. The van der Waals surface area contributed by atoms with E-state index in [0.29, 0.717) is 30.7 Å². The molecule has 0 spiro atoms. The molecule has 1 aromatic carbocycles. The van der Waals surface area contributed by atoms with Crippen LogP contribution in [0.5, 0.6) is 0 Å². The highest BCUT2D eigenvalue weighted by molar-refractivity contribution is 6.02. The molecule has 1 aliphatic heterocycles. The maximum absolute atomic E-state index is 13.9. The van der Waals surface area contributed by atoms with Gasteiger partial charge in [-0.15, -0.1) is 0 Å². The number of oxime groups is 1. The lowest BCUT2D eigenvalue weighted by atomic mass is 9.78. The molecule has 1 aromatic heterocycles. The molecule has 0 amide bonds. The molecule has 0 fully saturated rings. The number of nitrogen functional groups attached to an aromatic ring is 1. The Hall–Kier alpha value is -3.03. The van der Waals surface area contributed by atoms with E-state index in [4.69, 9.17) is 5.73 Å². The lowest BCUT2D eigenvalue weighted by Crippen LogP contribution is -2.24. The lowest BCUT2D eigenvalue weighted by molar-refractivity contribution is 0.316. The van der Waals surface area contributed by atoms with Crippen molar-refractivity contribution in [1.82, 2.24) is 15.0 Å². The summed E-state index contributed by atoms with van der Waals surface area (Å²) in [6.45, 7) is 0.704. The van der Waals surface area contributed by atoms with Gasteiger partial charge in [-0.05, 0) is 35.6 Å². The zero-order valence-electron chi connectivity index (χ0n) is 14.3. The van der Waals surface area contributed by atoms with Crippen LogP contribution in [0.3, 0.4) is 0 Å². The Morgan fingerprint density at radius 2 is 2.15 bits per heavy atom. The van der Waals surface area contributed by atoms with E-state index in [1.807, 2.05) is 24.3 Å². The maximum Gasteiger partial charge on any atom is 0.220 e. The van der Waals surface area contributed by atoms with Gasteiger partial charge < -0.3 is 10.9 Å². The molecule has 2 aromatic rings. The molecule has 4 rings (SSSR count). The van der Waals surface area contributed by atoms with Crippen LogP contribution in [0.1, 0.15) is 40.6 Å². The van der Waals surface area contributed by atoms with E-state index < -0.39 is 0 Å². The van der Waals surface area contributed by atoms with Crippen molar-refractivity contribution in [3.63, 3.8) is 0 Å². The van der Waals surface area contributed by atoms with Crippen molar-refractivity contribution < 1.29 is 9.60 Å². The van der Waals surface area contributed by atoms with Crippen LogP contribution in [0.4, 0.5) is 10.3 Å². The molecular formula is C18H19FN6O. The van der Waals surface area contributed by atoms with Gasteiger partial charge in [0.1, 0.15) is 5.82 Å². The second-order valence-electron chi connectivity index (χ2n) is 6.72. The number of nitrogens with two attached hydrogens (primary N) is 1. The van der Waals surface area contributed by atoms with E-state index in [0.717, 1.165) is 16.8 Å². The molecule has 0 bridgehead atoms. The predicted molar refractivity (Wildman–Crippen MR) is 96.1 cm³/mol. The van der Waals surface area contributed by atoms with Crippen molar-refractivity contribution in [2.75, 3.05) is 19.3 Å². The summed E-state index contributed by atoms with van der Waals surface area (Å²) >= 11 is 0. The van der Waals surface area contributed by atoms with Gasteiger partial charge in [0.25, 0.3) is 0 Å². The number of benzene rings is 1. The van der Waals surface area contributed by atoms with E-state index in [9.17, 15) is 9.60 Å². The SMILES string of the molecule is CN1CC(c2cc(F)ccc2C2C/C(=N\O)c3cnc(N)nc3C2)C=N1. The van der Waals surface area contributed by atoms with Crippen LogP contribution in [0.25, 0.3) is 0 Å². The summed E-state index contributed by atoms with van der Waals surface area (Å²) in [5, 5.41) is 19.0. The maximum atomic E-state index is 13.9. The van der Waals surface area contributed by atoms with Gasteiger partial charge in [-0.2, -0.15) is 5.10 Å². The van der Waals surface area contributed by atoms with Crippen molar-refractivity contribution in [1.29, 1.82) is 0 Å². The van der Waals surface area contributed by atoms with Gasteiger partial charge in [0.2, 0.25) is 5.95 Å². The first kappa shape index (κ1) is 16.4. The highest BCUT2D eigenvalue weighted by atomic mass is 19.1. The van der Waals surface area contributed by atoms with Crippen LogP contribution in [-0.4, -0.2) is 45.7 Å². The molecule has 3 N–H and O–H groups in total. The Kier molecular flexibility index (Phi) is 4.02. The van der Waals surface area contributed by atoms with E-state index in [1.165, 1.54) is 6.07 Å². The van der Waals surface area contributed by atoms with E-state index in [2.05, 4.69) is 20.2 Å². The summed E-state index contributed by atoms with van der Waals surface area (Å²) in [6, 6.07) is 4.85. The Morgan fingerprint density at radius 1 is 1.31 bits per heavy atom. The van der Waals surface area contributed by atoms with Crippen LogP contribution in [0.2, 0.25) is 0 Å². The predicted octanol–water partition coefficient (Wildman–Crippen LogP) is 2.12. The molecular weight excluding hydrogens is 335 g/mol. The normalized spacial score (nSPS) is 23.5. The second kappa shape index (κ2) is 6.36. The smallest absolute Gasteiger partial charge is 0.220 e. The number of nitrogens with zero attached hydrogens (tertiary/aromatic N) is 5. The minimum atomic E-state index is -0.273. The Balaban J connectivity index is 1.76. The van der Waals surface area contributed by atoms with Crippen molar-refractivity contribution in [2.45, 2.75) is 24.7 Å². The van der Waals surface area contributed by atoms with Gasteiger partial charge in [-0.25, -0.2) is 14.4 Å². The summed E-state index contributed by atoms with van der Waals surface area (Å²) in [7, 11) is 1.89. The number of aromatic nitrogens is 2. The zero-order valence-corrected chi connectivity index (χ0v) is 14.3. The highest BCUT2D eigenvalue weighted by Crippen LogP contribution is 2.37. The Morgan fingerprint density at radius 3 is 2.88 bits per heavy atom. The summed E-state index contributed by atoms with van der Waals surface area (Å²) in [6.07, 6.45) is 4.58. The first-order valence-electron chi connectivity index (χ1n) is 8.42. The van der Waals surface area contributed by atoms with Gasteiger partial charge in [0, 0.05) is 43.9 Å². The van der Waals surface area contributed by atoms with Crippen molar-refractivity contribution >= 4 is 17.9 Å². The van der Waals surface area contributed by atoms with Crippen LogP contribution in [0.15, 0.2) is 34.7 Å². The third-order valence-corrected chi connectivity index (χ3v) is 4.99. The summed E-state index contributed by atoms with van der Waals surface area (Å²) in [5.41, 5.74) is 9.62. The number of halogens is 1. The number of anilines is 1. The first-order valence-corrected chi connectivity index (χ1v) is 8.42. The highest BCUT2D eigenvalue weighted by Gasteiger charge is 2.30. The molecule has 2 unspecified atom stereocenters. The molecule has 2 atom stereocenters. The van der Waals surface area contributed by atoms with E-state index >= 15 is 0 Å². The first-order chi connectivity index (χ1) is 12.5. The second-order valence-corrected chi connectivity index (χ2v) is 6.72. The zero-order chi connectivity index (χ0) is 18.3. The Labute approximate surface area is 150 Å². The Bertz CT molecular complexity index is 913. The lowest BCUT2D eigenvalue weighted by Gasteiger charge is -2.27. The molecule has 2 heterocycles. The van der Waals surface area contributed by atoms with Gasteiger partial charge in [-0.3, -0.25) is 5.01 Å². The van der Waals surface area contributed by atoms with Crippen LogP contribution < -0.4 is 5.73 Å². The molecule has 0 saturated heterocycles. The minimum Gasteiger partial charge on any atom is -0.411 e. The largest absolute Gasteiger partial charge is 0.411 e. The topological polar surface area (TPSA) is 100.0 Å². The van der Waals surface area contributed by atoms with Crippen molar-refractivity contribution in [2.24, 2.45) is 10.3 Å². The summed E-state index contributed by atoms with van der Waals surface area (Å²) in [4.78, 5) is 8.30. The van der Waals surface area contributed by atoms with E-state index in [1.54, 1.807) is 12.3 Å². The summed E-state index contributed by atoms with van der Waals surface area (Å²) < 4.78 is 13.9. The molecule has 2 aliphatic rings. The monoisotopic (exact) mass is 354 g/mol. The van der Waals surface area contributed by atoms with Crippen LogP contribution in [0, 0.1) is 5.82 Å². The number of hydrazone groups is 1.